The molecule has 4 nitrogen and oxygen atoms in total. The van der Waals surface area contributed by atoms with Gasteiger partial charge in [-0.2, -0.15) is 0 Å². The molecule has 0 bridgehead atoms. The molecule has 4 N–H and O–H groups in total. The number of aliphatic imine (C=N–C) groups is 1. The Balaban J connectivity index is 2.96. The minimum atomic E-state index is 0.273. The van der Waals surface area contributed by atoms with Crippen molar-refractivity contribution in [3.05, 3.63) is 54.3 Å². The summed E-state index contributed by atoms with van der Waals surface area (Å²) in [6.07, 6.45) is 6.37. The first-order valence-electron chi connectivity index (χ1n) is 5.66. The average molecular weight is 243 g/mol. The number of carbonyl (C=O) groups excluding carboxylic acids is 1. The van der Waals surface area contributed by atoms with Gasteiger partial charge in [-0.25, -0.2) is 4.99 Å². The van der Waals surface area contributed by atoms with E-state index in [-0.39, 0.29) is 6.54 Å². The molecule has 0 saturated carbocycles. The molecule has 1 aromatic carbocycles. The summed E-state index contributed by atoms with van der Waals surface area (Å²) in [5, 5.41) is 0. The molecular weight excluding hydrogens is 226 g/mol. The maximum atomic E-state index is 10.3. The van der Waals surface area contributed by atoms with E-state index >= 15 is 0 Å². The van der Waals surface area contributed by atoms with Gasteiger partial charge < -0.3 is 16.3 Å². The number of nitrogens with two attached hydrogens (primary N) is 2. The number of aldehydes is 1. The largest absolute Gasteiger partial charge is 0.401 e. The van der Waals surface area contributed by atoms with Crippen LogP contribution in [0.25, 0.3) is 0 Å². The van der Waals surface area contributed by atoms with Crippen molar-refractivity contribution in [1.29, 1.82) is 0 Å². The van der Waals surface area contributed by atoms with E-state index in [9.17, 15) is 4.79 Å². The Morgan fingerprint density at radius 3 is 2.61 bits per heavy atom. The number of carbonyl (C=O) groups is 1. The SMILES string of the molecule is NCC(N)=CC(/C=C/CC=O)=Nc1ccccc1. The number of allylic oxidation sites excluding steroid dienone is 3. The van der Waals surface area contributed by atoms with Crippen molar-refractivity contribution in [2.24, 2.45) is 16.5 Å². The molecular formula is C14H17N3O. The summed E-state index contributed by atoms with van der Waals surface area (Å²) in [6.45, 7) is 0.273. The second kappa shape index (κ2) is 7.97. The Morgan fingerprint density at radius 2 is 2.00 bits per heavy atom. The summed E-state index contributed by atoms with van der Waals surface area (Å²) < 4.78 is 0. The summed E-state index contributed by atoms with van der Waals surface area (Å²) in [5.41, 5.74) is 13.2. The number of hydrogen-bond acceptors (Lipinski definition) is 4. The fraction of sp³-hybridized carbons (Fsp3) is 0.143. The van der Waals surface area contributed by atoms with Gasteiger partial charge in [0, 0.05) is 18.7 Å². The van der Waals surface area contributed by atoms with Crippen LogP contribution in [0.4, 0.5) is 5.69 Å². The highest BCUT2D eigenvalue weighted by Crippen LogP contribution is 2.11. The first kappa shape index (κ1) is 13.9. The molecule has 0 aliphatic rings. The van der Waals surface area contributed by atoms with E-state index in [0.717, 1.165) is 12.0 Å². The molecule has 4 heteroatoms. The van der Waals surface area contributed by atoms with Gasteiger partial charge in [0.2, 0.25) is 0 Å². The molecule has 18 heavy (non-hydrogen) atoms. The lowest BCUT2D eigenvalue weighted by Crippen LogP contribution is -2.12. The van der Waals surface area contributed by atoms with E-state index in [1.807, 2.05) is 30.3 Å². The van der Waals surface area contributed by atoms with Crippen LogP contribution < -0.4 is 11.5 Å². The van der Waals surface area contributed by atoms with Crippen molar-refractivity contribution in [2.75, 3.05) is 6.54 Å². The summed E-state index contributed by atoms with van der Waals surface area (Å²) >= 11 is 0. The van der Waals surface area contributed by atoms with Crippen molar-refractivity contribution < 1.29 is 4.79 Å². The maximum Gasteiger partial charge on any atom is 0.123 e. The highest BCUT2D eigenvalue weighted by Gasteiger charge is 1.94. The van der Waals surface area contributed by atoms with Gasteiger partial charge in [0.15, 0.2) is 0 Å². The summed E-state index contributed by atoms with van der Waals surface area (Å²) in [5.74, 6) is 0. The van der Waals surface area contributed by atoms with Gasteiger partial charge in [-0.15, -0.1) is 0 Å². The predicted octanol–water partition coefficient (Wildman–Crippen LogP) is 1.71. The highest BCUT2D eigenvalue weighted by atomic mass is 16.1. The fourth-order valence-electron chi connectivity index (χ4n) is 1.26. The maximum absolute atomic E-state index is 10.3. The zero-order chi connectivity index (χ0) is 13.2. The lowest BCUT2D eigenvalue weighted by atomic mass is 10.2. The van der Waals surface area contributed by atoms with Crippen LogP contribution in [-0.4, -0.2) is 18.5 Å². The van der Waals surface area contributed by atoms with Gasteiger partial charge in [0.25, 0.3) is 0 Å². The Hall–Kier alpha value is -2.20. The van der Waals surface area contributed by atoms with Crippen molar-refractivity contribution in [3.8, 4) is 0 Å². The smallest absolute Gasteiger partial charge is 0.123 e. The third-order valence-electron chi connectivity index (χ3n) is 2.10. The van der Waals surface area contributed by atoms with Crippen LogP contribution >= 0.6 is 0 Å². The Morgan fingerprint density at radius 1 is 1.28 bits per heavy atom. The number of para-hydroxylation sites is 1. The quantitative estimate of drug-likeness (QED) is 0.589. The Kier molecular flexibility index (Phi) is 6.14. The topological polar surface area (TPSA) is 81.5 Å². The summed E-state index contributed by atoms with van der Waals surface area (Å²) in [6, 6.07) is 9.51. The summed E-state index contributed by atoms with van der Waals surface area (Å²) in [4.78, 5) is 14.7. The van der Waals surface area contributed by atoms with Crippen LogP contribution in [0.1, 0.15) is 6.42 Å². The van der Waals surface area contributed by atoms with E-state index in [1.165, 1.54) is 0 Å². The Bertz CT molecular complexity index is 461. The van der Waals surface area contributed by atoms with Gasteiger partial charge in [-0.1, -0.05) is 24.3 Å². The second-order valence-electron chi connectivity index (χ2n) is 3.60. The first-order chi connectivity index (χ1) is 8.76. The molecule has 0 fully saturated rings. The molecule has 0 unspecified atom stereocenters. The highest BCUT2D eigenvalue weighted by molar-refractivity contribution is 6.05. The van der Waals surface area contributed by atoms with E-state index in [0.29, 0.717) is 17.8 Å². The summed E-state index contributed by atoms with van der Waals surface area (Å²) in [7, 11) is 0. The number of nitrogens with zero attached hydrogens (tertiary/aromatic N) is 1. The van der Waals surface area contributed by atoms with Gasteiger partial charge in [-0.3, -0.25) is 0 Å². The zero-order valence-electron chi connectivity index (χ0n) is 10.1. The lowest BCUT2D eigenvalue weighted by molar-refractivity contribution is -0.107. The van der Waals surface area contributed by atoms with Gasteiger partial charge in [0.1, 0.15) is 6.29 Å². The standard InChI is InChI=1S/C14H17N3O/c15-11-12(16)10-14(8-4-5-9-18)17-13-6-2-1-3-7-13/h1-4,6-10H,5,11,15-16H2/b8-4+,12-10?,17-14?. The minimum Gasteiger partial charge on any atom is -0.401 e. The molecule has 94 valence electrons. The van der Waals surface area contributed by atoms with Crippen LogP contribution in [0.3, 0.4) is 0 Å². The van der Waals surface area contributed by atoms with Crippen LogP contribution in [0.15, 0.2) is 59.2 Å². The van der Waals surface area contributed by atoms with Crippen LogP contribution in [-0.2, 0) is 4.79 Å². The van der Waals surface area contributed by atoms with Crippen LogP contribution in [0, 0.1) is 0 Å². The van der Waals surface area contributed by atoms with Crippen LogP contribution in [0.5, 0.6) is 0 Å². The molecule has 1 aromatic rings. The monoisotopic (exact) mass is 243 g/mol. The van der Waals surface area contributed by atoms with E-state index in [1.54, 1.807) is 18.2 Å². The third-order valence-corrected chi connectivity index (χ3v) is 2.10. The molecule has 0 radical (unpaired) electrons. The van der Waals surface area contributed by atoms with E-state index in [2.05, 4.69) is 4.99 Å². The number of hydrogen-bond donors (Lipinski definition) is 2. The van der Waals surface area contributed by atoms with Crippen molar-refractivity contribution >= 4 is 17.7 Å². The van der Waals surface area contributed by atoms with E-state index in [4.69, 9.17) is 11.5 Å². The molecule has 0 aromatic heterocycles. The number of benzene rings is 1. The van der Waals surface area contributed by atoms with Gasteiger partial charge >= 0.3 is 0 Å². The lowest BCUT2D eigenvalue weighted by Gasteiger charge is -1.99. The van der Waals surface area contributed by atoms with Crippen LogP contribution in [0.2, 0.25) is 0 Å². The third kappa shape index (κ3) is 5.23. The molecule has 0 atom stereocenters. The first-order valence-corrected chi connectivity index (χ1v) is 5.66. The van der Waals surface area contributed by atoms with Crippen molar-refractivity contribution in [3.63, 3.8) is 0 Å². The molecule has 1 rings (SSSR count). The van der Waals surface area contributed by atoms with Crippen molar-refractivity contribution in [2.45, 2.75) is 6.42 Å². The normalized spacial score (nSPS) is 12.9. The number of rotatable bonds is 6. The average Bonchev–Trinajstić information content (AvgIpc) is 2.40. The zero-order valence-corrected chi connectivity index (χ0v) is 10.1. The molecule has 0 heterocycles. The second-order valence-corrected chi connectivity index (χ2v) is 3.60. The fourth-order valence-corrected chi connectivity index (χ4v) is 1.26. The molecule has 0 aliphatic carbocycles. The molecule has 0 spiro atoms. The van der Waals surface area contributed by atoms with Gasteiger partial charge in [-0.05, 0) is 24.3 Å². The molecule has 0 aliphatic heterocycles. The van der Waals surface area contributed by atoms with E-state index < -0.39 is 0 Å². The van der Waals surface area contributed by atoms with Gasteiger partial charge in [0.05, 0.1) is 11.4 Å². The minimum absolute atomic E-state index is 0.273. The predicted molar refractivity (Wildman–Crippen MR) is 74.7 cm³/mol. The Labute approximate surface area is 107 Å². The molecule has 0 saturated heterocycles. The molecule has 0 amide bonds. The van der Waals surface area contributed by atoms with Crippen molar-refractivity contribution in [1.82, 2.24) is 0 Å².